The Labute approximate surface area is 75.6 Å². The minimum atomic E-state index is 0.585. The van der Waals surface area contributed by atoms with E-state index in [9.17, 15) is 0 Å². The Morgan fingerprint density at radius 1 is 1.46 bits per heavy atom. The molecule has 3 rings (SSSR count). The van der Waals surface area contributed by atoms with Crippen molar-refractivity contribution < 1.29 is 0 Å². The highest BCUT2D eigenvalue weighted by molar-refractivity contribution is 5.39. The number of hydrogen-bond acceptors (Lipinski definition) is 3. The van der Waals surface area contributed by atoms with Gasteiger partial charge in [0, 0.05) is 37.5 Å². The van der Waals surface area contributed by atoms with Crippen LogP contribution in [0.25, 0.3) is 5.65 Å². The molecule has 2 aromatic heterocycles. The SMILES string of the molecule is c1cnc2cc(C3CNC3)nn2c1. The molecule has 1 saturated heterocycles. The van der Waals surface area contributed by atoms with Crippen molar-refractivity contribution in [2.24, 2.45) is 0 Å². The Morgan fingerprint density at radius 2 is 2.38 bits per heavy atom. The molecule has 2 aromatic rings. The summed E-state index contributed by atoms with van der Waals surface area (Å²) in [5.74, 6) is 0.585. The van der Waals surface area contributed by atoms with Gasteiger partial charge >= 0.3 is 0 Å². The smallest absolute Gasteiger partial charge is 0.155 e. The minimum Gasteiger partial charge on any atom is -0.315 e. The Kier molecular flexibility index (Phi) is 1.37. The first kappa shape index (κ1) is 7.03. The van der Waals surface area contributed by atoms with E-state index in [0.717, 1.165) is 24.4 Å². The van der Waals surface area contributed by atoms with Crippen LogP contribution in [0.3, 0.4) is 0 Å². The van der Waals surface area contributed by atoms with Crippen molar-refractivity contribution in [2.75, 3.05) is 13.1 Å². The van der Waals surface area contributed by atoms with Crippen LogP contribution in [0.5, 0.6) is 0 Å². The maximum absolute atomic E-state index is 4.45. The predicted molar refractivity (Wildman–Crippen MR) is 48.6 cm³/mol. The number of nitrogens with one attached hydrogen (secondary N) is 1. The highest BCUT2D eigenvalue weighted by Gasteiger charge is 2.21. The number of nitrogens with zero attached hydrogens (tertiary/aromatic N) is 3. The monoisotopic (exact) mass is 174 g/mol. The third kappa shape index (κ3) is 1.02. The first-order chi connectivity index (χ1) is 6.43. The fraction of sp³-hybridized carbons (Fsp3) is 0.333. The molecule has 4 nitrogen and oxygen atoms in total. The van der Waals surface area contributed by atoms with Crippen molar-refractivity contribution in [1.82, 2.24) is 19.9 Å². The summed E-state index contributed by atoms with van der Waals surface area (Å²) < 4.78 is 1.83. The lowest BCUT2D eigenvalue weighted by molar-refractivity contribution is 0.438. The summed E-state index contributed by atoms with van der Waals surface area (Å²) >= 11 is 0. The first-order valence-corrected chi connectivity index (χ1v) is 4.44. The van der Waals surface area contributed by atoms with E-state index in [1.54, 1.807) is 6.20 Å². The molecule has 1 fully saturated rings. The lowest BCUT2D eigenvalue weighted by Crippen LogP contribution is -2.40. The molecule has 0 saturated carbocycles. The fourth-order valence-electron chi connectivity index (χ4n) is 1.55. The van der Waals surface area contributed by atoms with Crippen LogP contribution >= 0.6 is 0 Å². The predicted octanol–water partition coefficient (Wildman–Crippen LogP) is 0.416. The van der Waals surface area contributed by atoms with Gasteiger partial charge in [-0.05, 0) is 6.07 Å². The second kappa shape index (κ2) is 2.53. The van der Waals surface area contributed by atoms with Gasteiger partial charge in [-0.3, -0.25) is 0 Å². The number of hydrogen-bond donors (Lipinski definition) is 1. The summed E-state index contributed by atoms with van der Waals surface area (Å²) in [6, 6.07) is 3.95. The van der Waals surface area contributed by atoms with Gasteiger partial charge < -0.3 is 5.32 Å². The van der Waals surface area contributed by atoms with Crippen LogP contribution in [0.2, 0.25) is 0 Å². The summed E-state index contributed by atoms with van der Waals surface area (Å²) in [5, 5.41) is 7.68. The zero-order valence-corrected chi connectivity index (χ0v) is 7.14. The molecule has 0 spiro atoms. The van der Waals surface area contributed by atoms with Crippen molar-refractivity contribution in [2.45, 2.75) is 5.92 Å². The van der Waals surface area contributed by atoms with Crippen molar-refractivity contribution in [3.05, 3.63) is 30.2 Å². The zero-order chi connectivity index (χ0) is 8.67. The molecule has 0 unspecified atom stereocenters. The minimum absolute atomic E-state index is 0.585. The molecule has 1 aliphatic rings. The van der Waals surface area contributed by atoms with Crippen LogP contribution in [0.1, 0.15) is 11.6 Å². The zero-order valence-electron chi connectivity index (χ0n) is 7.14. The fourth-order valence-corrected chi connectivity index (χ4v) is 1.55. The van der Waals surface area contributed by atoms with Gasteiger partial charge in [-0.1, -0.05) is 0 Å². The molecule has 4 heteroatoms. The molecule has 0 bridgehead atoms. The van der Waals surface area contributed by atoms with Gasteiger partial charge in [0.1, 0.15) is 0 Å². The number of aromatic nitrogens is 3. The van der Waals surface area contributed by atoms with E-state index in [1.807, 2.05) is 16.8 Å². The van der Waals surface area contributed by atoms with Crippen LogP contribution < -0.4 is 5.32 Å². The molecular formula is C9H10N4. The van der Waals surface area contributed by atoms with Gasteiger partial charge in [0.25, 0.3) is 0 Å². The topological polar surface area (TPSA) is 42.2 Å². The van der Waals surface area contributed by atoms with E-state index in [-0.39, 0.29) is 0 Å². The lowest BCUT2D eigenvalue weighted by Gasteiger charge is -2.24. The Balaban J connectivity index is 2.10. The van der Waals surface area contributed by atoms with Crippen molar-refractivity contribution in [1.29, 1.82) is 0 Å². The summed E-state index contributed by atoms with van der Waals surface area (Å²) in [6.07, 6.45) is 3.72. The highest BCUT2D eigenvalue weighted by atomic mass is 15.2. The highest BCUT2D eigenvalue weighted by Crippen LogP contribution is 2.18. The van der Waals surface area contributed by atoms with Gasteiger partial charge in [-0.25, -0.2) is 9.50 Å². The normalized spacial score (nSPS) is 17.5. The summed E-state index contributed by atoms with van der Waals surface area (Å²) in [6.45, 7) is 2.09. The van der Waals surface area contributed by atoms with Crippen LogP contribution in [-0.2, 0) is 0 Å². The van der Waals surface area contributed by atoms with Gasteiger partial charge in [0.05, 0.1) is 5.69 Å². The van der Waals surface area contributed by atoms with E-state index < -0.39 is 0 Å². The average molecular weight is 174 g/mol. The van der Waals surface area contributed by atoms with Gasteiger partial charge in [0.2, 0.25) is 0 Å². The van der Waals surface area contributed by atoms with E-state index in [2.05, 4.69) is 21.5 Å². The van der Waals surface area contributed by atoms with Crippen LogP contribution in [0.4, 0.5) is 0 Å². The molecule has 0 aromatic carbocycles. The second-order valence-corrected chi connectivity index (χ2v) is 3.35. The van der Waals surface area contributed by atoms with Crippen LogP contribution in [0, 0.1) is 0 Å². The molecule has 1 aliphatic heterocycles. The van der Waals surface area contributed by atoms with Crippen LogP contribution in [0.15, 0.2) is 24.5 Å². The molecule has 3 heterocycles. The molecule has 0 aliphatic carbocycles. The summed E-state index contributed by atoms with van der Waals surface area (Å²) in [5.41, 5.74) is 2.09. The van der Waals surface area contributed by atoms with Gasteiger partial charge in [0.15, 0.2) is 5.65 Å². The summed E-state index contributed by atoms with van der Waals surface area (Å²) in [7, 11) is 0. The van der Waals surface area contributed by atoms with Gasteiger partial charge in [-0.2, -0.15) is 5.10 Å². The van der Waals surface area contributed by atoms with E-state index in [4.69, 9.17) is 0 Å². The molecule has 13 heavy (non-hydrogen) atoms. The Morgan fingerprint density at radius 3 is 3.08 bits per heavy atom. The van der Waals surface area contributed by atoms with E-state index in [0.29, 0.717) is 5.92 Å². The van der Waals surface area contributed by atoms with E-state index >= 15 is 0 Å². The van der Waals surface area contributed by atoms with Crippen molar-refractivity contribution in [3.8, 4) is 0 Å². The Hall–Kier alpha value is -1.42. The lowest BCUT2D eigenvalue weighted by atomic mass is 10.00. The summed E-state index contributed by atoms with van der Waals surface area (Å²) in [4.78, 5) is 4.22. The largest absolute Gasteiger partial charge is 0.315 e. The maximum Gasteiger partial charge on any atom is 0.155 e. The van der Waals surface area contributed by atoms with Crippen molar-refractivity contribution in [3.63, 3.8) is 0 Å². The van der Waals surface area contributed by atoms with Crippen LogP contribution in [-0.4, -0.2) is 27.7 Å². The molecule has 66 valence electrons. The number of fused-ring (bicyclic) bond motifs is 1. The molecule has 0 radical (unpaired) electrons. The standard InChI is InChI=1S/C9H10N4/c1-2-11-9-4-8(7-5-10-6-7)12-13(9)3-1/h1-4,7,10H,5-6H2. The molecule has 1 N–H and O–H groups in total. The third-order valence-electron chi connectivity index (χ3n) is 2.45. The number of rotatable bonds is 1. The first-order valence-electron chi connectivity index (χ1n) is 4.44. The van der Waals surface area contributed by atoms with Gasteiger partial charge in [-0.15, -0.1) is 0 Å². The quantitative estimate of drug-likeness (QED) is 0.681. The Bertz CT molecular complexity index is 397. The maximum atomic E-state index is 4.45. The van der Waals surface area contributed by atoms with E-state index in [1.165, 1.54) is 0 Å². The third-order valence-corrected chi connectivity index (χ3v) is 2.45. The molecule has 0 amide bonds. The molecule has 0 atom stereocenters. The average Bonchev–Trinajstić information content (AvgIpc) is 2.43. The second-order valence-electron chi connectivity index (χ2n) is 3.35. The molecular weight excluding hydrogens is 164 g/mol. The van der Waals surface area contributed by atoms with Crippen molar-refractivity contribution >= 4 is 5.65 Å².